The van der Waals surface area contributed by atoms with Crippen molar-refractivity contribution in [3.8, 4) is 11.8 Å². The van der Waals surface area contributed by atoms with Crippen LogP contribution >= 0.6 is 0 Å². The lowest BCUT2D eigenvalue weighted by Gasteiger charge is -2.09. The monoisotopic (exact) mass is 233 g/mol. The third-order valence-corrected chi connectivity index (χ3v) is 2.29. The Morgan fingerprint density at radius 2 is 2.35 bits per heavy atom. The summed E-state index contributed by atoms with van der Waals surface area (Å²) in [6, 6.07) is 6.91. The Balaban J connectivity index is 2.78. The van der Waals surface area contributed by atoms with E-state index in [2.05, 4.69) is 5.32 Å². The number of anilines is 1. The van der Waals surface area contributed by atoms with Gasteiger partial charge in [-0.3, -0.25) is 4.79 Å². The van der Waals surface area contributed by atoms with Gasteiger partial charge in [0.1, 0.15) is 5.75 Å². The van der Waals surface area contributed by atoms with Gasteiger partial charge in [0.25, 0.3) is 5.91 Å². The van der Waals surface area contributed by atoms with Crippen molar-refractivity contribution >= 4 is 11.6 Å². The number of rotatable bonds is 4. The predicted octanol–water partition coefficient (Wildman–Crippen LogP) is 1.17. The Hall–Kier alpha value is -2.22. The molecule has 0 aliphatic carbocycles. The first-order chi connectivity index (χ1) is 8.08. The van der Waals surface area contributed by atoms with E-state index in [0.717, 1.165) is 0 Å². The second-order valence-corrected chi connectivity index (χ2v) is 3.69. The van der Waals surface area contributed by atoms with Gasteiger partial charge in [0.05, 0.1) is 24.7 Å². The quantitative estimate of drug-likeness (QED) is 0.764. The van der Waals surface area contributed by atoms with E-state index in [-0.39, 0.29) is 11.8 Å². The molecule has 5 nitrogen and oxygen atoms in total. The van der Waals surface area contributed by atoms with Gasteiger partial charge in [-0.2, -0.15) is 5.26 Å². The zero-order valence-corrected chi connectivity index (χ0v) is 9.86. The largest absolute Gasteiger partial charge is 0.497 e. The fourth-order valence-electron chi connectivity index (χ4n) is 1.25. The summed E-state index contributed by atoms with van der Waals surface area (Å²) < 4.78 is 5.02. The summed E-state index contributed by atoms with van der Waals surface area (Å²) in [6.07, 6.45) is 0. The van der Waals surface area contributed by atoms with Gasteiger partial charge in [-0.05, 0) is 25.1 Å². The first kappa shape index (κ1) is 12.8. The SMILES string of the molecule is COc1ccc(N)c(C(=O)NCC(C)C#N)c1. The lowest BCUT2D eigenvalue weighted by molar-refractivity contribution is 0.0951. The average molecular weight is 233 g/mol. The lowest BCUT2D eigenvalue weighted by atomic mass is 10.1. The van der Waals surface area contributed by atoms with Gasteiger partial charge in [-0.1, -0.05) is 0 Å². The minimum atomic E-state index is -0.302. The van der Waals surface area contributed by atoms with Gasteiger partial charge in [-0.25, -0.2) is 0 Å². The van der Waals surface area contributed by atoms with E-state index < -0.39 is 0 Å². The van der Waals surface area contributed by atoms with Crippen molar-refractivity contribution in [2.45, 2.75) is 6.92 Å². The van der Waals surface area contributed by atoms with E-state index in [9.17, 15) is 4.79 Å². The van der Waals surface area contributed by atoms with Gasteiger partial charge >= 0.3 is 0 Å². The van der Waals surface area contributed by atoms with Crippen LogP contribution in [0.15, 0.2) is 18.2 Å². The standard InChI is InChI=1S/C12H15N3O2/c1-8(6-13)7-15-12(16)10-5-9(17-2)3-4-11(10)14/h3-5,8H,7,14H2,1-2H3,(H,15,16). The molecule has 1 unspecified atom stereocenters. The number of carbonyl (C=O) groups excluding carboxylic acids is 1. The van der Waals surface area contributed by atoms with Crippen molar-refractivity contribution in [1.29, 1.82) is 5.26 Å². The van der Waals surface area contributed by atoms with Crippen molar-refractivity contribution < 1.29 is 9.53 Å². The first-order valence-corrected chi connectivity index (χ1v) is 5.19. The van der Waals surface area contributed by atoms with Gasteiger partial charge in [-0.15, -0.1) is 0 Å². The van der Waals surface area contributed by atoms with Gasteiger partial charge in [0, 0.05) is 12.2 Å². The number of nitriles is 1. The Morgan fingerprint density at radius 1 is 1.65 bits per heavy atom. The van der Waals surface area contributed by atoms with Crippen LogP contribution in [0.4, 0.5) is 5.69 Å². The molecule has 1 atom stereocenters. The fraction of sp³-hybridized carbons (Fsp3) is 0.333. The number of ether oxygens (including phenoxy) is 1. The fourth-order valence-corrected chi connectivity index (χ4v) is 1.25. The molecule has 0 aromatic heterocycles. The molecule has 0 bridgehead atoms. The summed E-state index contributed by atoms with van der Waals surface area (Å²) in [5.74, 6) is 0.0342. The maximum atomic E-state index is 11.8. The Kier molecular flexibility index (Phi) is 4.35. The highest BCUT2D eigenvalue weighted by atomic mass is 16.5. The van der Waals surface area contributed by atoms with Crippen LogP contribution in [0.2, 0.25) is 0 Å². The molecule has 0 radical (unpaired) electrons. The number of nitrogens with two attached hydrogens (primary N) is 1. The van der Waals surface area contributed by atoms with Crippen molar-refractivity contribution in [3.63, 3.8) is 0 Å². The molecule has 0 spiro atoms. The first-order valence-electron chi connectivity index (χ1n) is 5.19. The van der Waals surface area contributed by atoms with E-state index in [0.29, 0.717) is 23.5 Å². The second kappa shape index (κ2) is 5.75. The minimum Gasteiger partial charge on any atom is -0.497 e. The van der Waals surface area contributed by atoms with Crippen molar-refractivity contribution in [1.82, 2.24) is 5.32 Å². The highest BCUT2D eigenvalue weighted by molar-refractivity contribution is 5.99. The summed E-state index contributed by atoms with van der Waals surface area (Å²) in [6.45, 7) is 2.03. The van der Waals surface area contributed by atoms with Crippen LogP contribution in [0, 0.1) is 17.2 Å². The van der Waals surface area contributed by atoms with E-state index in [4.69, 9.17) is 15.7 Å². The van der Waals surface area contributed by atoms with Crippen LogP contribution in [0.3, 0.4) is 0 Å². The zero-order valence-electron chi connectivity index (χ0n) is 9.86. The number of hydrogen-bond donors (Lipinski definition) is 2. The molecular formula is C12H15N3O2. The molecule has 1 aromatic carbocycles. The molecule has 17 heavy (non-hydrogen) atoms. The van der Waals surface area contributed by atoms with E-state index in [1.807, 2.05) is 6.07 Å². The molecule has 3 N–H and O–H groups in total. The Bertz CT molecular complexity index is 452. The molecule has 1 amide bonds. The normalized spacial score (nSPS) is 11.4. The molecule has 1 aromatic rings. The number of methoxy groups -OCH3 is 1. The van der Waals surface area contributed by atoms with E-state index in [1.165, 1.54) is 7.11 Å². The molecule has 5 heteroatoms. The Labute approximate surface area is 100 Å². The van der Waals surface area contributed by atoms with Crippen molar-refractivity contribution in [2.75, 3.05) is 19.4 Å². The van der Waals surface area contributed by atoms with Crippen LogP contribution in [-0.4, -0.2) is 19.6 Å². The smallest absolute Gasteiger partial charge is 0.253 e. The molecule has 0 saturated carbocycles. The van der Waals surface area contributed by atoms with Crippen molar-refractivity contribution in [3.05, 3.63) is 23.8 Å². The molecule has 0 saturated heterocycles. The van der Waals surface area contributed by atoms with Crippen LogP contribution in [0.5, 0.6) is 5.75 Å². The second-order valence-electron chi connectivity index (χ2n) is 3.69. The molecule has 0 fully saturated rings. The summed E-state index contributed by atoms with van der Waals surface area (Å²) in [7, 11) is 1.52. The number of hydrogen-bond acceptors (Lipinski definition) is 4. The van der Waals surface area contributed by atoms with E-state index >= 15 is 0 Å². The van der Waals surface area contributed by atoms with Crippen LogP contribution < -0.4 is 15.8 Å². The third-order valence-electron chi connectivity index (χ3n) is 2.29. The Morgan fingerprint density at radius 3 is 2.94 bits per heavy atom. The topological polar surface area (TPSA) is 88.1 Å². The number of amides is 1. The van der Waals surface area contributed by atoms with Crippen LogP contribution in [0.25, 0.3) is 0 Å². The summed E-state index contributed by atoms with van der Waals surface area (Å²) in [4.78, 5) is 11.8. The number of carbonyl (C=O) groups is 1. The maximum Gasteiger partial charge on any atom is 0.253 e. The van der Waals surface area contributed by atoms with Crippen LogP contribution in [0.1, 0.15) is 17.3 Å². The molecule has 90 valence electrons. The highest BCUT2D eigenvalue weighted by Gasteiger charge is 2.11. The van der Waals surface area contributed by atoms with Crippen LogP contribution in [-0.2, 0) is 0 Å². The maximum absolute atomic E-state index is 11.8. The number of benzene rings is 1. The predicted molar refractivity (Wildman–Crippen MR) is 64.5 cm³/mol. The zero-order chi connectivity index (χ0) is 12.8. The van der Waals surface area contributed by atoms with E-state index in [1.54, 1.807) is 25.1 Å². The molecule has 0 aliphatic rings. The van der Waals surface area contributed by atoms with Gasteiger partial charge in [0.2, 0.25) is 0 Å². The molecule has 0 aliphatic heterocycles. The summed E-state index contributed by atoms with van der Waals surface area (Å²) in [5.41, 5.74) is 6.44. The minimum absolute atomic E-state index is 0.231. The lowest BCUT2D eigenvalue weighted by Crippen LogP contribution is -2.28. The number of nitrogens with one attached hydrogen (secondary N) is 1. The average Bonchev–Trinajstić information content (AvgIpc) is 2.36. The van der Waals surface area contributed by atoms with Crippen molar-refractivity contribution in [2.24, 2.45) is 5.92 Å². The molecule has 1 rings (SSSR count). The number of nitrogens with zero attached hydrogens (tertiary/aromatic N) is 1. The van der Waals surface area contributed by atoms with Gasteiger partial charge < -0.3 is 15.8 Å². The summed E-state index contributed by atoms with van der Waals surface area (Å²) in [5, 5.41) is 11.3. The molecule has 0 heterocycles. The summed E-state index contributed by atoms with van der Waals surface area (Å²) >= 11 is 0. The number of nitrogen functional groups attached to an aromatic ring is 1. The third kappa shape index (κ3) is 3.38. The highest BCUT2D eigenvalue weighted by Crippen LogP contribution is 2.19. The van der Waals surface area contributed by atoms with Gasteiger partial charge in [0.15, 0.2) is 0 Å². The molecular weight excluding hydrogens is 218 g/mol.